The molecule has 0 aliphatic carbocycles. The minimum absolute atomic E-state index is 0.194. The number of rotatable bonds is 3. The maximum atomic E-state index is 12.8. The maximum Gasteiger partial charge on any atom is 0.416 e. The molecule has 1 amide bonds. The molecule has 1 saturated heterocycles. The van der Waals surface area contributed by atoms with Gasteiger partial charge in [0.05, 0.1) is 5.56 Å². The van der Waals surface area contributed by atoms with Gasteiger partial charge in [-0.3, -0.25) is 0 Å². The highest BCUT2D eigenvalue weighted by molar-refractivity contribution is 9.10. The second-order valence-electron chi connectivity index (χ2n) is 8.19. The molecule has 0 spiro atoms. The third-order valence-corrected chi connectivity index (χ3v) is 5.34. The van der Waals surface area contributed by atoms with E-state index < -0.39 is 17.3 Å². The van der Waals surface area contributed by atoms with Crippen molar-refractivity contribution in [1.29, 1.82) is 0 Å². The highest BCUT2D eigenvalue weighted by Crippen LogP contribution is 2.32. The number of piperidine rings is 1. The number of amides is 1. The van der Waals surface area contributed by atoms with Gasteiger partial charge >= 0.3 is 12.3 Å². The molecule has 1 aromatic carbocycles. The molecule has 1 aliphatic heterocycles. The lowest BCUT2D eigenvalue weighted by Crippen LogP contribution is -2.53. The van der Waals surface area contributed by atoms with Crippen LogP contribution in [-0.2, 0) is 17.5 Å². The van der Waals surface area contributed by atoms with E-state index in [2.05, 4.69) is 28.2 Å². The number of likely N-dealkylation sites (tertiary alicyclic amines) is 1. The van der Waals surface area contributed by atoms with E-state index in [-0.39, 0.29) is 11.6 Å². The first kappa shape index (κ1) is 22.0. The van der Waals surface area contributed by atoms with Crippen LogP contribution in [0.25, 0.3) is 0 Å². The first-order chi connectivity index (χ1) is 12.3. The highest BCUT2D eigenvalue weighted by Gasteiger charge is 2.34. The molecule has 1 heterocycles. The summed E-state index contributed by atoms with van der Waals surface area (Å²) in [7, 11) is 0. The summed E-state index contributed by atoms with van der Waals surface area (Å²) in [6.45, 7) is 9.17. The van der Waals surface area contributed by atoms with Crippen LogP contribution in [0, 0.1) is 0 Å². The SMILES string of the molecule is CC1(NCc2ccc(C(F)(F)F)cc2Br)CCN(C(=O)OC(C)(C)C)CC1. The Morgan fingerprint density at radius 3 is 2.33 bits per heavy atom. The lowest BCUT2D eigenvalue weighted by atomic mass is 9.89. The largest absolute Gasteiger partial charge is 0.444 e. The number of benzene rings is 1. The molecule has 1 N–H and O–H groups in total. The Bertz CT molecular complexity index is 679. The second-order valence-corrected chi connectivity index (χ2v) is 9.04. The van der Waals surface area contributed by atoms with E-state index in [4.69, 9.17) is 4.74 Å². The molecular formula is C19H26BrF3N2O2. The van der Waals surface area contributed by atoms with Gasteiger partial charge in [0.15, 0.2) is 0 Å². The number of carbonyl (C=O) groups is 1. The van der Waals surface area contributed by atoms with Crippen molar-refractivity contribution in [3.63, 3.8) is 0 Å². The van der Waals surface area contributed by atoms with E-state index in [1.807, 2.05) is 20.8 Å². The molecule has 2 rings (SSSR count). The zero-order valence-electron chi connectivity index (χ0n) is 16.0. The van der Waals surface area contributed by atoms with Gasteiger partial charge in [0.1, 0.15) is 5.60 Å². The van der Waals surface area contributed by atoms with E-state index in [0.717, 1.165) is 30.5 Å². The summed E-state index contributed by atoms with van der Waals surface area (Å²) in [6, 6.07) is 3.68. The molecule has 1 aromatic rings. The Hall–Kier alpha value is -1.28. The van der Waals surface area contributed by atoms with Gasteiger partial charge in [0, 0.05) is 29.6 Å². The standard InChI is InChI=1S/C19H26BrF3N2O2/c1-17(2,3)27-16(26)25-9-7-18(4,8-10-25)24-12-13-5-6-14(11-15(13)20)19(21,22)23/h5-6,11,24H,7-10,12H2,1-4H3. The Balaban J connectivity index is 1.91. The summed E-state index contributed by atoms with van der Waals surface area (Å²) >= 11 is 3.23. The fourth-order valence-corrected chi connectivity index (χ4v) is 3.38. The van der Waals surface area contributed by atoms with Crippen molar-refractivity contribution in [2.45, 2.75) is 64.4 Å². The Labute approximate surface area is 166 Å². The zero-order valence-corrected chi connectivity index (χ0v) is 17.6. The Morgan fingerprint density at radius 2 is 1.85 bits per heavy atom. The first-order valence-corrected chi connectivity index (χ1v) is 9.67. The summed E-state index contributed by atoms with van der Waals surface area (Å²) in [6.07, 6.45) is -3.18. The average molecular weight is 451 g/mol. The number of ether oxygens (including phenoxy) is 1. The van der Waals surface area contributed by atoms with Crippen LogP contribution in [0.2, 0.25) is 0 Å². The third kappa shape index (κ3) is 6.38. The number of nitrogens with zero attached hydrogens (tertiary/aromatic N) is 1. The summed E-state index contributed by atoms with van der Waals surface area (Å²) < 4.78 is 44.1. The van der Waals surface area contributed by atoms with Crippen molar-refractivity contribution < 1.29 is 22.7 Å². The van der Waals surface area contributed by atoms with E-state index in [1.165, 1.54) is 6.07 Å². The van der Waals surface area contributed by atoms with E-state index in [9.17, 15) is 18.0 Å². The predicted molar refractivity (Wildman–Crippen MR) is 101 cm³/mol. The van der Waals surface area contributed by atoms with Gasteiger partial charge in [0.2, 0.25) is 0 Å². The number of carbonyl (C=O) groups excluding carboxylic acids is 1. The Kier molecular flexibility index (Phi) is 6.52. The van der Waals surface area contributed by atoms with Gasteiger partial charge in [0.25, 0.3) is 0 Å². The van der Waals surface area contributed by atoms with Crippen LogP contribution in [0.5, 0.6) is 0 Å². The molecule has 0 radical (unpaired) electrons. The van der Waals surface area contributed by atoms with Crippen molar-refractivity contribution in [2.75, 3.05) is 13.1 Å². The van der Waals surface area contributed by atoms with Gasteiger partial charge in [-0.05, 0) is 58.2 Å². The number of hydrogen-bond donors (Lipinski definition) is 1. The molecule has 1 aliphatic rings. The summed E-state index contributed by atoms with van der Waals surface area (Å²) in [5, 5.41) is 3.43. The molecular weight excluding hydrogens is 425 g/mol. The van der Waals surface area contributed by atoms with Gasteiger partial charge < -0.3 is 15.0 Å². The van der Waals surface area contributed by atoms with Crippen molar-refractivity contribution in [1.82, 2.24) is 10.2 Å². The Morgan fingerprint density at radius 1 is 1.26 bits per heavy atom. The molecule has 0 bridgehead atoms. The lowest BCUT2D eigenvalue weighted by molar-refractivity contribution is -0.137. The third-order valence-electron chi connectivity index (χ3n) is 4.60. The van der Waals surface area contributed by atoms with Crippen LogP contribution >= 0.6 is 15.9 Å². The van der Waals surface area contributed by atoms with E-state index in [1.54, 1.807) is 4.90 Å². The van der Waals surface area contributed by atoms with Gasteiger partial charge in [-0.1, -0.05) is 22.0 Å². The fourth-order valence-electron chi connectivity index (χ4n) is 2.86. The monoisotopic (exact) mass is 450 g/mol. The summed E-state index contributed by atoms with van der Waals surface area (Å²) in [5.41, 5.74) is -0.625. The smallest absolute Gasteiger partial charge is 0.416 e. The fraction of sp³-hybridized carbons (Fsp3) is 0.632. The number of alkyl halides is 3. The van der Waals surface area contributed by atoms with E-state index in [0.29, 0.717) is 24.1 Å². The molecule has 0 atom stereocenters. The minimum Gasteiger partial charge on any atom is -0.444 e. The van der Waals surface area contributed by atoms with Crippen LogP contribution in [0.4, 0.5) is 18.0 Å². The van der Waals surface area contributed by atoms with Crippen LogP contribution in [0.15, 0.2) is 22.7 Å². The number of halogens is 4. The predicted octanol–water partition coefficient (Wildman–Crippen LogP) is 5.35. The molecule has 8 heteroatoms. The number of nitrogens with one attached hydrogen (secondary N) is 1. The quantitative estimate of drug-likeness (QED) is 0.674. The van der Waals surface area contributed by atoms with Crippen LogP contribution in [-0.4, -0.2) is 35.2 Å². The first-order valence-electron chi connectivity index (χ1n) is 8.88. The average Bonchev–Trinajstić information content (AvgIpc) is 2.51. The highest BCUT2D eigenvalue weighted by atomic mass is 79.9. The molecule has 0 aromatic heterocycles. The van der Waals surface area contributed by atoms with Gasteiger partial charge in [-0.15, -0.1) is 0 Å². The second kappa shape index (κ2) is 7.99. The van der Waals surface area contributed by atoms with Crippen LogP contribution < -0.4 is 5.32 Å². The molecule has 0 unspecified atom stereocenters. The van der Waals surface area contributed by atoms with Crippen LogP contribution in [0.1, 0.15) is 51.7 Å². The summed E-state index contributed by atoms with van der Waals surface area (Å²) in [4.78, 5) is 13.8. The van der Waals surface area contributed by atoms with Crippen molar-refractivity contribution in [3.8, 4) is 0 Å². The van der Waals surface area contributed by atoms with Crippen LogP contribution in [0.3, 0.4) is 0 Å². The maximum absolute atomic E-state index is 12.8. The minimum atomic E-state index is -4.35. The van der Waals surface area contributed by atoms with Crippen molar-refractivity contribution in [3.05, 3.63) is 33.8 Å². The molecule has 152 valence electrons. The van der Waals surface area contributed by atoms with Gasteiger partial charge in [-0.2, -0.15) is 13.2 Å². The normalized spacial score (nSPS) is 17.7. The van der Waals surface area contributed by atoms with Crippen molar-refractivity contribution in [2.24, 2.45) is 0 Å². The summed E-state index contributed by atoms with van der Waals surface area (Å²) in [5.74, 6) is 0. The van der Waals surface area contributed by atoms with Crippen molar-refractivity contribution >= 4 is 22.0 Å². The van der Waals surface area contributed by atoms with Gasteiger partial charge in [-0.25, -0.2) is 4.79 Å². The number of hydrogen-bond acceptors (Lipinski definition) is 3. The molecule has 27 heavy (non-hydrogen) atoms. The molecule has 0 saturated carbocycles. The molecule has 1 fully saturated rings. The lowest BCUT2D eigenvalue weighted by Gasteiger charge is -2.40. The van der Waals surface area contributed by atoms with E-state index >= 15 is 0 Å². The topological polar surface area (TPSA) is 41.6 Å². The molecule has 4 nitrogen and oxygen atoms in total. The zero-order chi connectivity index (χ0) is 20.5.